The molecule has 0 unspecified atom stereocenters. The summed E-state index contributed by atoms with van der Waals surface area (Å²) in [6, 6.07) is 13.1. The molecule has 1 aromatic heterocycles. The molecule has 1 aliphatic heterocycles. The normalized spacial score (nSPS) is 14.3. The number of anilines is 1. The van der Waals surface area contributed by atoms with E-state index in [9.17, 15) is 31.2 Å². The predicted molar refractivity (Wildman–Crippen MR) is 136 cm³/mol. The van der Waals surface area contributed by atoms with Gasteiger partial charge < -0.3 is 9.80 Å². The maximum absolute atomic E-state index is 13.1. The van der Waals surface area contributed by atoms with Crippen molar-refractivity contribution in [3.63, 3.8) is 0 Å². The Labute approximate surface area is 222 Å². The monoisotopic (exact) mass is 566 g/mol. The summed E-state index contributed by atoms with van der Waals surface area (Å²) >= 11 is 5.64. The number of sulfonamides is 1. The highest BCUT2D eigenvalue weighted by Gasteiger charge is 2.34. The van der Waals surface area contributed by atoms with Crippen molar-refractivity contribution in [1.29, 1.82) is 0 Å². The molecule has 38 heavy (non-hydrogen) atoms. The van der Waals surface area contributed by atoms with Gasteiger partial charge in [0.15, 0.2) is 0 Å². The molecule has 4 rings (SSSR count). The molecule has 1 fully saturated rings. The second-order valence-electron chi connectivity index (χ2n) is 8.66. The number of nitrogens with one attached hydrogen (secondary N) is 1. The molecule has 1 saturated heterocycles. The molecular formula is C25H22ClF3N4O4S. The second kappa shape index (κ2) is 10.6. The third-order valence-electron chi connectivity index (χ3n) is 5.89. The van der Waals surface area contributed by atoms with Gasteiger partial charge in [-0.15, -0.1) is 0 Å². The van der Waals surface area contributed by atoms with Crippen LogP contribution in [0.3, 0.4) is 0 Å². The standard InChI is InChI=1S/C25H22ClF3N4O4S/c1-38(36,37)31-22-9-7-19(15-30-22)16-2-4-17(5-3-16)23(34)32-10-12-33(13-11-32)24(35)18-6-8-21(26)20(14-18)25(27,28)29/h2-9,14-15H,10-13H2,1H3,(H,30,31). The van der Waals surface area contributed by atoms with Crippen molar-refractivity contribution in [2.45, 2.75) is 6.18 Å². The third-order valence-corrected chi connectivity index (χ3v) is 6.80. The lowest BCUT2D eigenvalue weighted by Crippen LogP contribution is -2.50. The Balaban J connectivity index is 1.37. The molecule has 200 valence electrons. The molecular weight excluding hydrogens is 545 g/mol. The molecule has 0 aliphatic carbocycles. The molecule has 2 heterocycles. The van der Waals surface area contributed by atoms with Gasteiger partial charge in [-0.1, -0.05) is 23.7 Å². The fraction of sp³-hybridized carbons (Fsp3) is 0.240. The first-order valence-electron chi connectivity index (χ1n) is 11.3. The first-order chi connectivity index (χ1) is 17.8. The van der Waals surface area contributed by atoms with Gasteiger partial charge in [0.05, 0.1) is 16.8 Å². The lowest BCUT2D eigenvalue weighted by molar-refractivity contribution is -0.137. The predicted octanol–water partition coefficient (Wildman–Crippen LogP) is 4.39. The van der Waals surface area contributed by atoms with Crippen molar-refractivity contribution in [3.8, 4) is 11.1 Å². The number of carbonyl (C=O) groups excluding carboxylic acids is 2. The molecule has 0 radical (unpaired) electrons. The fourth-order valence-electron chi connectivity index (χ4n) is 3.97. The lowest BCUT2D eigenvalue weighted by Gasteiger charge is -2.35. The summed E-state index contributed by atoms with van der Waals surface area (Å²) in [5, 5.41) is -0.479. The maximum atomic E-state index is 13.1. The van der Waals surface area contributed by atoms with Crippen LogP contribution in [0.25, 0.3) is 11.1 Å². The van der Waals surface area contributed by atoms with E-state index in [1.54, 1.807) is 35.2 Å². The Hall–Kier alpha value is -3.64. The van der Waals surface area contributed by atoms with Crippen molar-refractivity contribution in [1.82, 2.24) is 14.8 Å². The number of hydrogen-bond acceptors (Lipinski definition) is 5. The molecule has 8 nitrogen and oxygen atoms in total. The molecule has 0 bridgehead atoms. The van der Waals surface area contributed by atoms with E-state index in [0.717, 1.165) is 29.5 Å². The Bertz CT molecular complexity index is 1460. The van der Waals surface area contributed by atoms with Crippen molar-refractivity contribution in [3.05, 3.63) is 82.5 Å². The van der Waals surface area contributed by atoms with Crippen LogP contribution in [-0.4, -0.2) is 67.5 Å². The third kappa shape index (κ3) is 6.43. The van der Waals surface area contributed by atoms with Crippen LogP contribution >= 0.6 is 11.6 Å². The van der Waals surface area contributed by atoms with Gasteiger partial charge in [0, 0.05) is 49.1 Å². The number of aromatic nitrogens is 1. The number of hydrogen-bond donors (Lipinski definition) is 1. The largest absolute Gasteiger partial charge is 0.417 e. The average Bonchev–Trinajstić information content (AvgIpc) is 2.87. The molecule has 2 aromatic carbocycles. The van der Waals surface area contributed by atoms with E-state index in [1.165, 1.54) is 23.2 Å². The molecule has 2 amide bonds. The van der Waals surface area contributed by atoms with Gasteiger partial charge in [-0.2, -0.15) is 13.2 Å². The first kappa shape index (κ1) is 27.4. The van der Waals surface area contributed by atoms with Crippen molar-refractivity contribution < 1.29 is 31.2 Å². The summed E-state index contributed by atoms with van der Waals surface area (Å²) in [7, 11) is -3.43. The van der Waals surface area contributed by atoms with E-state index in [2.05, 4.69) is 9.71 Å². The Morgan fingerprint density at radius 3 is 1.89 bits per heavy atom. The average molecular weight is 567 g/mol. The molecule has 13 heteroatoms. The fourth-order valence-corrected chi connectivity index (χ4v) is 4.70. The summed E-state index contributed by atoms with van der Waals surface area (Å²) < 4.78 is 64.4. The van der Waals surface area contributed by atoms with Crippen molar-refractivity contribution in [2.75, 3.05) is 37.2 Å². The summed E-state index contributed by atoms with van der Waals surface area (Å²) in [5.41, 5.74) is 0.748. The number of carbonyl (C=O) groups is 2. The van der Waals surface area contributed by atoms with E-state index in [4.69, 9.17) is 11.6 Å². The van der Waals surface area contributed by atoms with Gasteiger partial charge in [-0.25, -0.2) is 13.4 Å². The second-order valence-corrected chi connectivity index (χ2v) is 10.8. The van der Waals surface area contributed by atoms with Crippen LogP contribution in [0.15, 0.2) is 60.8 Å². The van der Waals surface area contributed by atoms with E-state index in [-0.39, 0.29) is 43.5 Å². The highest BCUT2D eigenvalue weighted by Crippen LogP contribution is 2.35. The van der Waals surface area contributed by atoms with Gasteiger partial charge in [0.1, 0.15) is 5.82 Å². The minimum Gasteiger partial charge on any atom is -0.335 e. The number of nitrogens with zero attached hydrogens (tertiary/aromatic N) is 3. The lowest BCUT2D eigenvalue weighted by atomic mass is 10.0. The molecule has 0 atom stereocenters. The van der Waals surface area contributed by atoms with Gasteiger partial charge in [-0.3, -0.25) is 14.3 Å². The Morgan fingerprint density at radius 2 is 1.39 bits per heavy atom. The number of pyridine rings is 1. The molecule has 0 spiro atoms. The van der Waals surface area contributed by atoms with Gasteiger partial charge in [-0.05, 0) is 48.0 Å². The number of benzene rings is 2. The van der Waals surface area contributed by atoms with E-state index in [1.807, 2.05) is 0 Å². The van der Waals surface area contributed by atoms with Gasteiger partial charge in [0.25, 0.3) is 11.8 Å². The SMILES string of the molecule is CS(=O)(=O)Nc1ccc(-c2ccc(C(=O)N3CCN(C(=O)c4ccc(Cl)c(C(F)(F)F)c4)CC3)cc2)cn1. The summed E-state index contributed by atoms with van der Waals surface area (Å²) in [6.45, 7) is 0.799. The Morgan fingerprint density at radius 1 is 0.868 bits per heavy atom. The van der Waals surface area contributed by atoms with Crippen LogP contribution in [0.1, 0.15) is 26.3 Å². The minimum absolute atomic E-state index is 0.119. The quantitative estimate of drug-likeness (QED) is 0.494. The molecule has 3 aromatic rings. The number of halogens is 4. The van der Waals surface area contributed by atoms with Crippen molar-refractivity contribution in [2.24, 2.45) is 0 Å². The van der Waals surface area contributed by atoms with E-state index >= 15 is 0 Å². The smallest absolute Gasteiger partial charge is 0.335 e. The van der Waals surface area contributed by atoms with Crippen LogP contribution in [0.4, 0.5) is 19.0 Å². The van der Waals surface area contributed by atoms with Gasteiger partial charge in [0.2, 0.25) is 10.0 Å². The number of alkyl halides is 3. The zero-order chi connectivity index (χ0) is 27.7. The van der Waals surface area contributed by atoms with E-state index in [0.29, 0.717) is 5.56 Å². The number of amides is 2. The van der Waals surface area contributed by atoms with Crippen LogP contribution in [0.2, 0.25) is 5.02 Å². The van der Waals surface area contributed by atoms with Crippen LogP contribution in [0, 0.1) is 0 Å². The van der Waals surface area contributed by atoms with Gasteiger partial charge >= 0.3 is 6.18 Å². The van der Waals surface area contributed by atoms with Crippen LogP contribution in [-0.2, 0) is 16.2 Å². The summed E-state index contributed by atoms with van der Waals surface area (Å²) in [6.07, 6.45) is -2.13. The summed E-state index contributed by atoms with van der Waals surface area (Å²) in [5.74, 6) is -0.604. The van der Waals surface area contributed by atoms with Crippen molar-refractivity contribution >= 4 is 39.3 Å². The van der Waals surface area contributed by atoms with Crippen LogP contribution in [0.5, 0.6) is 0 Å². The molecule has 1 N–H and O–H groups in total. The zero-order valence-corrected chi connectivity index (χ0v) is 21.6. The molecule has 1 aliphatic rings. The number of piperazine rings is 1. The van der Waals surface area contributed by atoms with Crippen LogP contribution < -0.4 is 4.72 Å². The topological polar surface area (TPSA) is 99.7 Å². The Kier molecular flexibility index (Phi) is 7.65. The first-order valence-corrected chi connectivity index (χ1v) is 13.6. The minimum atomic E-state index is -4.68. The molecule has 0 saturated carbocycles. The number of rotatable bonds is 5. The van der Waals surface area contributed by atoms with E-state index < -0.39 is 32.7 Å². The highest BCUT2D eigenvalue weighted by molar-refractivity contribution is 7.92. The maximum Gasteiger partial charge on any atom is 0.417 e. The summed E-state index contributed by atoms with van der Waals surface area (Å²) in [4.78, 5) is 32.8. The zero-order valence-electron chi connectivity index (χ0n) is 20.0. The highest BCUT2D eigenvalue weighted by atomic mass is 35.5.